The number of benzene rings is 1. The van der Waals surface area contributed by atoms with Crippen LogP contribution in [0.5, 0.6) is 5.75 Å². The monoisotopic (exact) mass is 425 g/mol. The number of aliphatic carboxylic acids is 2. The summed E-state index contributed by atoms with van der Waals surface area (Å²) in [5.41, 5.74) is -0.728. The van der Waals surface area contributed by atoms with E-state index in [0.29, 0.717) is 30.3 Å². The quantitative estimate of drug-likeness (QED) is 0.308. The van der Waals surface area contributed by atoms with Crippen molar-refractivity contribution >= 4 is 23.5 Å². The van der Waals surface area contributed by atoms with Crippen molar-refractivity contribution in [3.05, 3.63) is 28.8 Å². The van der Waals surface area contributed by atoms with Gasteiger partial charge in [0.2, 0.25) is 0 Å². The number of hydrogen-bond acceptors (Lipinski definition) is 4. The van der Waals surface area contributed by atoms with Crippen molar-refractivity contribution < 1.29 is 24.5 Å². The number of carbonyl (C=O) groups is 2. The molecule has 0 amide bonds. The van der Waals surface area contributed by atoms with Crippen molar-refractivity contribution in [1.82, 2.24) is 5.32 Å². The van der Waals surface area contributed by atoms with Crippen LogP contribution in [-0.4, -0.2) is 34.8 Å². The first-order chi connectivity index (χ1) is 13.9. The van der Waals surface area contributed by atoms with E-state index in [-0.39, 0.29) is 18.9 Å². The molecule has 1 atom stereocenters. The molecule has 0 aliphatic heterocycles. The predicted molar refractivity (Wildman–Crippen MR) is 113 cm³/mol. The molecule has 1 unspecified atom stereocenters. The van der Waals surface area contributed by atoms with E-state index in [4.69, 9.17) is 16.3 Å². The number of hydrogen-bond donors (Lipinski definition) is 3. The molecule has 0 aromatic heterocycles. The zero-order valence-corrected chi connectivity index (χ0v) is 17.8. The average Bonchev–Trinajstić information content (AvgIpc) is 3.13. The smallest absolute Gasteiger partial charge is 0.321 e. The summed E-state index contributed by atoms with van der Waals surface area (Å²) >= 11 is 6.33. The van der Waals surface area contributed by atoms with Crippen LogP contribution in [0.25, 0.3) is 0 Å². The third-order valence-corrected chi connectivity index (χ3v) is 5.98. The Labute approximate surface area is 177 Å². The maximum atomic E-state index is 11.4. The first-order valence-electron chi connectivity index (χ1n) is 10.5. The van der Waals surface area contributed by atoms with Gasteiger partial charge in [0.15, 0.2) is 5.41 Å². The van der Waals surface area contributed by atoms with Crippen LogP contribution >= 0.6 is 11.6 Å². The van der Waals surface area contributed by atoms with E-state index < -0.39 is 17.4 Å². The lowest BCUT2D eigenvalue weighted by molar-refractivity contribution is -0.164. The molecule has 1 aromatic rings. The maximum absolute atomic E-state index is 11.4. The average molecular weight is 426 g/mol. The van der Waals surface area contributed by atoms with Crippen LogP contribution in [0, 0.1) is 5.41 Å². The minimum Gasteiger partial charge on any atom is -0.492 e. The highest BCUT2D eigenvalue weighted by molar-refractivity contribution is 6.32. The van der Waals surface area contributed by atoms with E-state index in [0.717, 1.165) is 18.4 Å². The van der Waals surface area contributed by atoms with Crippen LogP contribution in [0.15, 0.2) is 18.2 Å². The Kier molecular flexibility index (Phi) is 9.24. The van der Waals surface area contributed by atoms with Crippen LogP contribution in [-0.2, 0) is 16.1 Å². The first-order valence-corrected chi connectivity index (χ1v) is 10.9. The van der Waals surface area contributed by atoms with Crippen LogP contribution in [0.2, 0.25) is 5.02 Å². The zero-order chi connectivity index (χ0) is 21.3. The molecule has 7 heteroatoms. The SMILES string of the molecule is CCCCCCCCOc1ccc(CNC2CCC(C(=O)O)(C(=O)O)C2)cc1Cl. The molecule has 2 rings (SSSR count). The minimum atomic E-state index is -1.68. The van der Waals surface area contributed by atoms with E-state index in [9.17, 15) is 19.8 Å². The summed E-state index contributed by atoms with van der Waals surface area (Å²) < 4.78 is 5.77. The second kappa shape index (κ2) is 11.4. The number of carboxylic acid groups (broad SMARTS) is 2. The van der Waals surface area contributed by atoms with Crippen molar-refractivity contribution in [1.29, 1.82) is 0 Å². The van der Waals surface area contributed by atoms with Crippen molar-refractivity contribution in [2.45, 2.75) is 77.3 Å². The zero-order valence-electron chi connectivity index (χ0n) is 17.1. The standard InChI is InChI=1S/C22H32ClNO5/c1-2-3-4-5-6-7-12-29-19-9-8-16(13-18(19)23)15-24-17-10-11-22(14-17,20(25)26)21(27)28/h8-9,13,17,24H,2-7,10-12,14-15H2,1H3,(H,25,26)(H,27,28). The van der Waals surface area contributed by atoms with Crippen molar-refractivity contribution in [2.75, 3.05) is 6.61 Å². The van der Waals surface area contributed by atoms with Crippen LogP contribution in [0.1, 0.15) is 70.3 Å². The lowest BCUT2D eigenvalue weighted by Crippen LogP contribution is -2.39. The molecule has 1 aliphatic rings. The number of carboxylic acids is 2. The summed E-state index contributed by atoms with van der Waals surface area (Å²) in [6.45, 7) is 3.35. The number of rotatable bonds is 13. The molecule has 162 valence electrons. The Balaban J connectivity index is 1.76. The maximum Gasteiger partial charge on any atom is 0.321 e. The molecular formula is C22H32ClNO5. The Morgan fingerprint density at radius 2 is 1.86 bits per heavy atom. The summed E-state index contributed by atoms with van der Waals surface area (Å²) in [5, 5.41) is 22.4. The van der Waals surface area contributed by atoms with Gasteiger partial charge in [-0.3, -0.25) is 9.59 Å². The summed E-state index contributed by atoms with van der Waals surface area (Å²) in [5.74, 6) is -1.85. The Hall–Kier alpha value is -1.79. The summed E-state index contributed by atoms with van der Waals surface area (Å²) in [4.78, 5) is 22.8. The van der Waals surface area contributed by atoms with Gasteiger partial charge in [-0.25, -0.2) is 0 Å². The third kappa shape index (κ3) is 6.61. The van der Waals surface area contributed by atoms with E-state index in [1.54, 1.807) is 0 Å². The van der Waals surface area contributed by atoms with Gasteiger partial charge < -0.3 is 20.3 Å². The minimum absolute atomic E-state index is 0.0881. The molecular weight excluding hydrogens is 394 g/mol. The fourth-order valence-corrected chi connectivity index (χ4v) is 4.06. The van der Waals surface area contributed by atoms with Gasteiger partial charge in [-0.15, -0.1) is 0 Å². The van der Waals surface area contributed by atoms with Crippen LogP contribution < -0.4 is 10.1 Å². The number of unbranched alkanes of at least 4 members (excludes halogenated alkanes) is 5. The van der Waals surface area contributed by atoms with Gasteiger partial charge in [-0.2, -0.15) is 0 Å². The number of ether oxygens (including phenoxy) is 1. The molecule has 0 radical (unpaired) electrons. The molecule has 0 heterocycles. The summed E-state index contributed by atoms with van der Waals surface area (Å²) in [7, 11) is 0. The lowest BCUT2D eigenvalue weighted by atomic mass is 9.86. The molecule has 0 spiro atoms. The largest absolute Gasteiger partial charge is 0.492 e. The molecule has 1 fully saturated rings. The number of halogens is 1. The summed E-state index contributed by atoms with van der Waals surface area (Å²) in [6.07, 6.45) is 7.97. The normalized spacial score (nSPS) is 17.9. The number of nitrogens with one attached hydrogen (secondary N) is 1. The van der Waals surface area contributed by atoms with E-state index in [1.165, 1.54) is 25.7 Å². The first kappa shape index (κ1) is 23.5. The summed E-state index contributed by atoms with van der Waals surface area (Å²) in [6, 6.07) is 5.46. The van der Waals surface area contributed by atoms with Gasteiger partial charge in [0, 0.05) is 12.6 Å². The Morgan fingerprint density at radius 3 is 2.48 bits per heavy atom. The van der Waals surface area contributed by atoms with Gasteiger partial charge in [-0.05, 0) is 43.4 Å². The fraction of sp³-hybridized carbons (Fsp3) is 0.636. The Morgan fingerprint density at radius 1 is 1.17 bits per heavy atom. The predicted octanol–water partition coefficient (Wildman–Crippen LogP) is 4.88. The van der Waals surface area contributed by atoms with Crippen molar-refractivity contribution in [2.24, 2.45) is 5.41 Å². The van der Waals surface area contributed by atoms with Gasteiger partial charge in [0.25, 0.3) is 0 Å². The highest BCUT2D eigenvalue weighted by atomic mass is 35.5. The highest BCUT2D eigenvalue weighted by Crippen LogP contribution is 2.39. The molecule has 1 saturated carbocycles. The van der Waals surface area contributed by atoms with Crippen molar-refractivity contribution in [3.63, 3.8) is 0 Å². The Bertz CT molecular complexity index is 680. The van der Waals surface area contributed by atoms with Gasteiger partial charge in [-0.1, -0.05) is 56.7 Å². The molecule has 0 saturated heterocycles. The van der Waals surface area contributed by atoms with Gasteiger partial charge >= 0.3 is 11.9 Å². The topological polar surface area (TPSA) is 95.9 Å². The van der Waals surface area contributed by atoms with Crippen LogP contribution in [0.4, 0.5) is 0 Å². The highest BCUT2D eigenvalue weighted by Gasteiger charge is 2.51. The molecule has 6 nitrogen and oxygen atoms in total. The van der Waals surface area contributed by atoms with Crippen LogP contribution in [0.3, 0.4) is 0 Å². The van der Waals surface area contributed by atoms with E-state index in [1.807, 2.05) is 18.2 Å². The lowest BCUT2D eigenvalue weighted by Gasteiger charge is -2.19. The molecule has 29 heavy (non-hydrogen) atoms. The van der Waals surface area contributed by atoms with Gasteiger partial charge in [0.05, 0.1) is 11.6 Å². The van der Waals surface area contributed by atoms with E-state index >= 15 is 0 Å². The molecule has 1 aromatic carbocycles. The molecule has 3 N–H and O–H groups in total. The van der Waals surface area contributed by atoms with Crippen molar-refractivity contribution in [3.8, 4) is 5.75 Å². The van der Waals surface area contributed by atoms with E-state index in [2.05, 4.69) is 12.2 Å². The molecule has 0 bridgehead atoms. The second-order valence-electron chi connectivity index (χ2n) is 7.89. The van der Waals surface area contributed by atoms with Gasteiger partial charge in [0.1, 0.15) is 5.75 Å². The second-order valence-corrected chi connectivity index (χ2v) is 8.30. The molecule has 1 aliphatic carbocycles. The fourth-order valence-electron chi connectivity index (χ4n) is 3.80. The third-order valence-electron chi connectivity index (χ3n) is 5.68.